The van der Waals surface area contributed by atoms with Gasteiger partial charge in [-0.25, -0.2) is 4.98 Å². The van der Waals surface area contributed by atoms with Gasteiger partial charge in [-0.05, 0) is 49.0 Å². The smallest absolute Gasteiger partial charge is 0.251 e. The molecule has 0 bridgehead atoms. The topological polar surface area (TPSA) is 51.7 Å². The van der Waals surface area contributed by atoms with Crippen LogP contribution in [0.25, 0.3) is 0 Å². The van der Waals surface area contributed by atoms with Gasteiger partial charge in [-0.15, -0.1) is 0 Å². The summed E-state index contributed by atoms with van der Waals surface area (Å²) in [6.07, 6.45) is 1.87. The van der Waals surface area contributed by atoms with Crippen LogP contribution in [0.5, 0.6) is 0 Å². The van der Waals surface area contributed by atoms with Crippen LogP contribution in [0.1, 0.15) is 42.3 Å². The number of nitrogens with zero attached hydrogens (tertiary/aromatic N) is 4. The second kappa shape index (κ2) is 11.1. The molecule has 2 heterocycles. The molecule has 0 atom stereocenters. The third kappa shape index (κ3) is 6.03. The van der Waals surface area contributed by atoms with Crippen LogP contribution >= 0.6 is 0 Å². The minimum atomic E-state index is -0.0517. The quantitative estimate of drug-likeness (QED) is 0.690. The number of rotatable bonds is 9. The number of piperazine rings is 1. The second-order valence-corrected chi connectivity index (χ2v) is 7.79. The van der Waals surface area contributed by atoms with Gasteiger partial charge in [-0.3, -0.25) is 9.69 Å². The highest BCUT2D eigenvalue weighted by molar-refractivity contribution is 5.94. The van der Waals surface area contributed by atoms with E-state index in [4.69, 9.17) is 0 Å². The van der Waals surface area contributed by atoms with E-state index in [1.165, 1.54) is 5.56 Å². The molecule has 0 spiro atoms. The van der Waals surface area contributed by atoms with E-state index in [9.17, 15) is 4.79 Å². The Hall–Kier alpha value is -2.44. The second-order valence-electron chi connectivity index (χ2n) is 7.79. The predicted molar refractivity (Wildman–Crippen MR) is 123 cm³/mol. The van der Waals surface area contributed by atoms with Gasteiger partial charge in [-0.2, -0.15) is 0 Å². The van der Waals surface area contributed by atoms with Crippen molar-refractivity contribution in [3.63, 3.8) is 0 Å². The monoisotopic (exact) mass is 409 g/mol. The third-order valence-electron chi connectivity index (χ3n) is 5.92. The molecule has 1 saturated heterocycles. The number of hydrogen-bond donors (Lipinski definition) is 1. The Morgan fingerprint density at radius 2 is 1.63 bits per heavy atom. The molecular weight excluding hydrogens is 374 g/mol. The molecule has 6 heteroatoms. The number of aromatic nitrogens is 1. The first-order valence-corrected chi connectivity index (χ1v) is 11.1. The fourth-order valence-electron chi connectivity index (χ4n) is 3.75. The zero-order valence-corrected chi connectivity index (χ0v) is 18.6. The lowest BCUT2D eigenvalue weighted by atomic mass is 10.1. The number of nitrogens with one attached hydrogen (secondary N) is 1. The molecule has 6 nitrogen and oxygen atoms in total. The molecule has 1 aromatic heterocycles. The van der Waals surface area contributed by atoms with E-state index in [-0.39, 0.29) is 5.91 Å². The summed E-state index contributed by atoms with van der Waals surface area (Å²) in [5, 5.41) is 3.00. The van der Waals surface area contributed by atoms with E-state index >= 15 is 0 Å². The van der Waals surface area contributed by atoms with Gasteiger partial charge in [0.1, 0.15) is 5.82 Å². The van der Waals surface area contributed by atoms with Crippen molar-refractivity contribution in [1.82, 2.24) is 20.1 Å². The summed E-state index contributed by atoms with van der Waals surface area (Å²) in [7, 11) is 0. The maximum atomic E-state index is 12.5. The Labute approximate surface area is 180 Å². The molecule has 1 aliphatic rings. The van der Waals surface area contributed by atoms with Gasteiger partial charge in [0.05, 0.1) is 0 Å². The summed E-state index contributed by atoms with van der Waals surface area (Å²) in [5.41, 5.74) is 2.93. The van der Waals surface area contributed by atoms with E-state index in [0.29, 0.717) is 12.1 Å². The van der Waals surface area contributed by atoms with Gasteiger partial charge in [0.15, 0.2) is 0 Å². The first-order chi connectivity index (χ1) is 14.6. The van der Waals surface area contributed by atoms with Crippen LogP contribution < -0.4 is 10.2 Å². The Bertz CT molecular complexity index is 778. The Balaban J connectivity index is 1.48. The average Bonchev–Trinajstić information content (AvgIpc) is 2.81. The number of carbonyl (C=O) groups excluding carboxylic acids is 1. The molecule has 1 fully saturated rings. The summed E-state index contributed by atoms with van der Waals surface area (Å²) < 4.78 is 0. The lowest BCUT2D eigenvalue weighted by molar-refractivity contribution is 0.0951. The Kier molecular flexibility index (Phi) is 8.22. The van der Waals surface area contributed by atoms with Gasteiger partial charge >= 0.3 is 0 Å². The lowest BCUT2D eigenvalue weighted by Crippen LogP contribution is -2.46. The van der Waals surface area contributed by atoms with E-state index in [1.54, 1.807) is 0 Å². The highest BCUT2D eigenvalue weighted by Gasteiger charge is 2.16. The van der Waals surface area contributed by atoms with Crippen molar-refractivity contribution < 1.29 is 4.79 Å². The van der Waals surface area contributed by atoms with Crippen LogP contribution in [-0.4, -0.2) is 66.5 Å². The number of amides is 1. The summed E-state index contributed by atoms with van der Waals surface area (Å²) in [5.74, 6) is 0.966. The molecular formula is C24H35N5O. The van der Waals surface area contributed by atoms with E-state index in [0.717, 1.165) is 63.7 Å². The summed E-state index contributed by atoms with van der Waals surface area (Å²) in [6.45, 7) is 15.3. The van der Waals surface area contributed by atoms with Gasteiger partial charge < -0.3 is 15.1 Å². The van der Waals surface area contributed by atoms with Crippen molar-refractivity contribution in [1.29, 1.82) is 0 Å². The van der Waals surface area contributed by atoms with Gasteiger partial charge in [0.2, 0.25) is 0 Å². The van der Waals surface area contributed by atoms with Crippen molar-refractivity contribution in [3.8, 4) is 0 Å². The number of benzene rings is 1. The minimum absolute atomic E-state index is 0.0517. The Morgan fingerprint density at radius 3 is 2.20 bits per heavy atom. The summed E-state index contributed by atoms with van der Waals surface area (Å²) in [4.78, 5) is 24.2. The molecule has 1 aromatic carbocycles. The van der Waals surface area contributed by atoms with Crippen LogP contribution in [0.2, 0.25) is 0 Å². The summed E-state index contributed by atoms with van der Waals surface area (Å²) in [6, 6.07) is 12.0. The van der Waals surface area contributed by atoms with Crippen LogP contribution in [0.3, 0.4) is 0 Å². The van der Waals surface area contributed by atoms with Crippen molar-refractivity contribution >= 4 is 11.7 Å². The fourth-order valence-corrected chi connectivity index (χ4v) is 3.75. The molecule has 1 N–H and O–H groups in total. The van der Waals surface area contributed by atoms with Crippen LogP contribution in [0, 0.1) is 0 Å². The molecule has 3 rings (SSSR count). The van der Waals surface area contributed by atoms with Crippen LogP contribution in [0.15, 0.2) is 42.6 Å². The number of hydrogen-bond acceptors (Lipinski definition) is 5. The molecule has 162 valence electrons. The largest absolute Gasteiger partial charge is 0.354 e. The normalized spacial score (nSPS) is 14.9. The first kappa shape index (κ1) is 22.2. The molecule has 0 unspecified atom stereocenters. The van der Waals surface area contributed by atoms with Crippen LogP contribution in [0.4, 0.5) is 5.82 Å². The van der Waals surface area contributed by atoms with Crippen LogP contribution in [-0.2, 0) is 13.1 Å². The maximum Gasteiger partial charge on any atom is 0.251 e. The van der Waals surface area contributed by atoms with E-state index in [1.807, 2.05) is 30.5 Å². The number of likely N-dealkylation sites (N-methyl/N-ethyl adjacent to an activating group) is 1. The molecule has 0 radical (unpaired) electrons. The van der Waals surface area contributed by atoms with Crippen molar-refractivity contribution in [2.45, 2.75) is 33.9 Å². The lowest BCUT2D eigenvalue weighted by Gasteiger charge is -2.34. The minimum Gasteiger partial charge on any atom is -0.354 e. The standard InChI is InChI=1S/C24H35N5O/c1-4-27(5-2)19-20-7-10-22(11-8-20)24(30)26-18-21-9-12-23(25-17-21)29-15-13-28(6-3)14-16-29/h7-12,17H,4-6,13-16,18-19H2,1-3H3,(H,26,30). The number of pyridine rings is 1. The van der Waals surface area contributed by atoms with Gasteiger partial charge in [0.25, 0.3) is 5.91 Å². The number of carbonyl (C=O) groups is 1. The third-order valence-corrected chi connectivity index (χ3v) is 5.92. The predicted octanol–water partition coefficient (Wildman–Crippen LogP) is 3.00. The maximum absolute atomic E-state index is 12.5. The molecule has 2 aromatic rings. The van der Waals surface area contributed by atoms with Gasteiger partial charge in [0, 0.05) is 51.0 Å². The average molecular weight is 410 g/mol. The van der Waals surface area contributed by atoms with Crippen molar-refractivity contribution in [3.05, 3.63) is 59.3 Å². The molecule has 1 aliphatic heterocycles. The van der Waals surface area contributed by atoms with E-state index in [2.05, 4.69) is 57.9 Å². The zero-order valence-electron chi connectivity index (χ0n) is 18.6. The molecule has 30 heavy (non-hydrogen) atoms. The molecule has 0 aliphatic carbocycles. The first-order valence-electron chi connectivity index (χ1n) is 11.1. The zero-order chi connectivity index (χ0) is 21.3. The Morgan fingerprint density at radius 1 is 0.967 bits per heavy atom. The van der Waals surface area contributed by atoms with E-state index < -0.39 is 0 Å². The van der Waals surface area contributed by atoms with Gasteiger partial charge in [-0.1, -0.05) is 39.0 Å². The highest BCUT2D eigenvalue weighted by Crippen LogP contribution is 2.14. The molecule has 0 saturated carbocycles. The number of anilines is 1. The fraction of sp³-hybridized carbons (Fsp3) is 0.500. The van der Waals surface area contributed by atoms with Crippen molar-refractivity contribution in [2.75, 3.05) is 50.7 Å². The molecule has 1 amide bonds. The SMILES string of the molecule is CCN1CCN(c2ccc(CNC(=O)c3ccc(CN(CC)CC)cc3)cn2)CC1. The highest BCUT2D eigenvalue weighted by atomic mass is 16.1. The van der Waals surface area contributed by atoms with Crippen molar-refractivity contribution in [2.24, 2.45) is 0 Å². The summed E-state index contributed by atoms with van der Waals surface area (Å²) >= 11 is 0.